The van der Waals surface area contributed by atoms with Crippen LogP contribution in [0.15, 0.2) is 23.1 Å². The molecule has 0 atom stereocenters. The molecule has 20 heavy (non-hydrogen) atoms. The second-order valence-corrected chi connectivity index (χ2v) is 5.55. The molecule has 0 saturated carbocycles. The number of carbonyl (C=O) groups is 1. The highest BCUT2D eigenvalue weighted by Crippen LogP contribution is 2.25. The number of nitrogens with one attached hydrogen (secondary N) is 2. The Morgan fingerprint density at radius 1 is 1.40 bits per heavy atom. The first-order valence-corrected chi connectivity index (χ1v) is 7.55. The van der Waals surface area contributed by atoms with Crippen molar-refractivity contribution < 1.29 is 9.53 Å². The van der Waals surface area contributed by atoms with Gasteiger partial charge in [-0.15, -0.1) is 0 Å². The van der Waals surface area contributed by atoms with Crippen molar-refractivity contribution in [3.8, 4) is 0 Å². The van der Waals surface area contributed by atoms with Crippen molar-refractivity contribution in [1.82, 2.24) is 14.9 Å². The van der Waals surface area contributed by atoms with Gasteiger partial charge in [0.1, 0.15) is 0 Å². The van der Waals surface area contributed by atoms with E-state index in [0.29, 0.717) is 0 Å². The number of rotatable bonds is 4. The van der Waals surface area contributed by atoms with Crippen LogP contribution in [0.1, 0.15) is 11.1 Å². The van der Waals surface area contributed by atoms with Gasteiger partial charge in [0, 0.05) is 31.6 Å². The SMILES string of the molecule is CNC(=O)NSc1c(C)cccc1CN1CCOCC1. The van der Waals surface area contributed by atoms with Gasteiger partial charge in [0.15, 0.2) is 0 Å². The molecule has 0 bridgehead atoms. The summed E-state index contributed by atoms with van der Waals surface area (Å²) >= 11 is 1.37. The zero-order valence-electron chi connectivity index (χ0n) is 11.9. The van der Waals surface area contributed by atoms with Crippen LogP contribution in [0.25, 0.3) is 0 Å². The number of hydrogen-bond acceptors (Lipinski definition) is 4. The van der Waals surface area contributed by atoms with Crippen molar-refractivity contribution in [3.63, 3.8) is 0 Å². The Hall–Kier alpha value is -1.24. The van der Waals surface area contributed by atoms with Crippen molar-refractivity contribution in [2.24, 2.45) is 0 Å². The maximum atomic E-state index is 11.3. The van der Waals surface area contributed by atoms with E-state index in [4.69, 9.17) is 4.74 Å². The second kappa shape index (κ2) is 7.52. The van der Waals surface area contributed by atoms with Gasteiger partial charge in [0.2, 0.25) is 0 Å². The highest BCUT2D eigenvalue weighted by atomic mass is 32.2. The molecule has 5 nitrogen and oxygen atoms in total. The Bertz CT molecular complexity index is 462. The molecule has 0 spiro atoms. The molecule has 1 heterocycles. The minimum absolute atomic E-state index is 0.185. The monoisotopic (exact) mass is 295 g/mol. The third-order valence-corrected chi connectivity index (χ3v) is 4.34. The van der Waals surface area contributed by atoms with E-state index in [1.54, 1.807) is 7.05 Å². The Kier molecular flexibility index (Phi) is 5.70. The predicted molar refractivity (Wildman–Crippen MR) is 80.7 cm³/mol. The van der Waals surface area contributed by atoms with E-state index < -0.39 is 0 Å². The molecule has 1 fully saturated rings. The molecule has 1 saturated heterocycles. The number of aryl methyl sites for hydroxylation is 1. The van der Waals surface area contributed by atoms with Crippen LogP contribution in [-0.4, -0.2) is 44.3 Å². The molecule has 2 rings (SSSR count). The fraction of sp³-hybridized carbons (Fsp3) is 0.500. The summed E-state index contributed by atoms with van der Waals surface area (Å²) in [6.45, 7) is 6.47. The van der Waals surface area contributed by atoms with Gasteiger partial charge in [0.05, 0.1) is 13.2 Å². The topological polar surface area (TPSA) is 53.6 Å². The number of nitrogens with zero attached hydrogens (tertiary/aromatic N) is 1. The van der Waals surface area contributed by atoms with Crippen LogP contribution in [-0.2, 0) is 11.3 Å². The van der Waals surface area contributed by atoms with Gasteiger partial charge >= 0.3 is 6.03 Å². The molecule has 0 radical (unpaired) electrons. The van der Waals surface area contributed by atoms with E-state index in [1.165, 1.54) is 23.1 Å². The summed E-state index contributed by atoms with van der Waals surface area (Å²) in [5.74, 6) is 0. The first-order chi connectivity index (χ1) is 9.70. The minimum atomic E-state index is -0.185. The number of hydrogen-bond donors (Lipinski definition) is 2. The zero-order chi connectivity index (χ0) is 14.4. The number of benzene rings is 1. The highest BCUT2D eigenvalue weighted by molar-refractivity contribution is 7.98. The van der Waals surface area contributed by atoms with Crippen LogP contribution < -0.4 is 10.0 Å². The summed E-state index contributed by atoms with van der Waals surface area (Å²) in [5.41, 5.74) is 2.42. The van der Waals surface area contributed by atoms with Crippen molar-refractivity contribution in [2.45, 2.75) is 18.4 Å². The maximum absolute atomic E-state index is 11.3. The van der Waals surface area contributed by atoms with Crippen LogP contribution in [0, 0.1) is 6.92 Å². The normalized spacial score (nSPS) is 15.9. The molecule has 1 aromatic rings. The summed E-state index contributed by atoms with van der Waals surface area (Å²) in [5, 5.41) is 2.56. The molecule has 1 aromatic carbocycles. The molecule has 110 valence electrons. The second-order valence-electron chi connectivity index (χ2n) is 4.73. The van der Waals surface area contributed by atoms with E-state index in [-0.39, 0.29) is 6.03 Å². The standard InChI is InChI=1S/C14H21N3O2S/c1-11-4-3-5-12(10-17-6-8-19-9-7-17)13(11)20-16-14(18)15-2/h3-5H,6-10H2,1-2H3,(H2,15,16,18). The molecule has 2 N–H and O–H groups in total. The molecule has 6 heteroatoms. The van der Waals surface area contributed by atoms with E-state index in [2.05, 4.69) is 40.1 Å². The molecule has 2 amide bonds. The van der Waals surface area contributed by atoms with Crippen molar-refractivity contribution >= 4 is 18.0 Å². The summed E-state index contributed by atoms with van der Waals surface area (Å²) in [7, 11) is 1.61. The molecular formula is C14H21N3O2S. The van der Waals surface area contributed by atoms with Gasteiger partial charge < -0.3 is 10.1 Å². The van der Waals surface area contributed by atoms with Gasteiger partial charge in [-0.05, 0) is 30.0 Å². The smallest absolute Gasteiger partial charge is 0.324 e. The van der Waals surface area contributed by atoms with E-state index in [0.717, 1.165) is 37.7 Å². The number of ether oxygens (including phenoxy) is 1. The van der Waals surface area contributed by atoms with Gasteiger partial charge in [-0.25, -0.2) is 4.79 Å². The predicted octanol–water partition coefficient (Wildman–Crippen LogP) is 1.76. The third-order valence-electron chi connectivity index (χ3n) is 3.26. The minimum Gasteiger partial charge on any atom is -0.379 e. The number of urea groups is 1. The Morgan fingerprint density at radius 2 is 2.15 bits per heavy atom. The highest BCUT2D eigenvalue weighted by Gasteiger charge is 2.14. The molecule has 0 unspecified atom stereocenters. The van der Waals surface area contributed by atoms with Crippen molar-refractivity contribution in [2.75, 3.05) is 33.4 Å². The van der Waals surface area contributed by atoms with Gasteiger partial charge in [-0.2, -0.15) is 0 Å². The van der Waals surface area contributed by atoms with E-state index in [9.17, 15) is 4.79 Å². The fourth-order valence-corrected chi connectivity index (χ4v) is 2.92. The van der Waals surface area contributed by atoms with Crippen LogP contribution in [0.3, 0.4) is 0 Å². The van der Waals surface area contributed by atoms with Crippen molar-refractivity contribution in [1.29, 1.82) is 0 Å². The summed E-state index contributed by atoms with van der Waals surface area (Å²) in [4.78, 5) is 14.8. The summed E-state index contributed by atoms with van der Waals surface area (Å²) < 4.78 is 8.16. The van der Waals surface area contributed by atoms with Crippen LogP contribution in [0.5, 0.6) is 0 Å². The van der Waals surface area contributed by atoms with Gasteiger partial charge in [0.25, 0.3) is 0 Å². The fourth-order valence-electron chi connectivity index (χ4n) is 2.13. The number of carbonyl (C=O) groups excluding carboxylic acids is 1. The third kappa shape index (κ3) is 4.13. The number of morpholine rings is 1. The maximum Gasteiger partial charge on any atom is 0.324 e. The Balaban J connectivity index is 2.06. The zero-order valence-corrected chi connectivity index (χ0v) is 12.8. The average molecular weight is 295 g/mol. The lowest BCUT2D eigenvalue weighted by Crippen LogP contribution is -2.35. The van der Waals surface area contributed by atoms with Crippen molar-refractivity contribution in [3.05, 3.63) is 29.3 Å². The molecule has 1 aliphatic rings. The van der Waals surface area contributed by atoms with Gasteiger partial charge in [-0.3, -0.25) is 9.62 Å². The van der Waals surface area contributed by atoms with Crippen LogP contribution >= 0.6 is 11.9 Å². The Morgan fingerprint density at radius 3 is 2.85 bits per heavy atom. The van der Waals surface area contributed by atoms with Gasteiger partial charge in [-0.1, -0.05) is 18.2 Å². The summed E-state index contributed by atoms with van der Waals surface area (Å²) in [6, 6.07) is 6.07. The Labute approximate surface area is 124 Å². The lowest BCUT2D eigenvalue weighted by atomic mass is 10.1. The quantitative estimate of drug-likeness (QED) is 0.831. The van der Waals surface area contributed by atoms with E-state index >= 15 is 0 Å². The molecule has 0 aliphatic carbocycles. The largest absolute Gasteiger partial charge is 0.379 e. The number of amides is 2. The first-order valence-electron chi connectivity index (χ1n) is 6.74. The lowest BCUT2D eigenvalue weighted by molar-refractivity contribution is 0.0338. The molecule has 0 aromatic heterocycles. The lowest BCUT2D eigenvalue weighted by Gasteiger charge is -2.27. The van der Waals surface area contributed by atoms with Crippen LogP contribution in [0.2, 0.25) is 0 Å². The first kappa shape index (κ1) is 15.2. The summed E-state index contributed by atoms with van der Waals surface area (Å²) in [6.07, 6.45) is 0. The molecule has 1 aliphatic heterocycles. The average Bonchev–Trinajstić information content (AvgIpc) is 2.47. The molecular weight excluding hydrogens is 274 g/mol. The van der Waals surface area contributed by atoms with E-state index in [1.807, 2.05) is 0 Å². The van der Waals surface area contributed by atoms with Crippen LogP contribution in [0.4, 0.5) is 4.79 Å².